The molecule has 0 aliphatic carbocycles. The number of halogens is 1. The summed E-state index contributed by atoms with van der Waals surface area (Å²) in [5, 5.41) is 3.51. The summed E-state index contributed by atoms with van der Waals surface area (Å²) in [6.07, 6.45) is 2.60. The van der Waals surface area contributed by atoms with E-state index in [0.29, 0.717) is 24.8 Å². The quantitative estimate of drug-likeness (QED) is 0.392. The molecule has 1 aromatic heterocycles. The number of furan rings is 1. The lowest BCUT2D eigenvalue weighted by Gasteiger charge is -2.36. The van der Waals surface area contributed by atoms with E-state index in [4.69, 9.17) is 4.42 Å². The van der Waals surface area contributed by atoms with Crippen LogP contribution in [0, 0.1) is 0 Å². The lowest BCUT2D eigenvalue weighted by atomic mass is 9.96. The molecule has 1 unspecified atom stereocenters. The molecule has 0 saturated carbocycles. The lowest BCUT2D eigenvalue weighted by Crippen LogP contribution is -2.54. The molecule has 2 heterocycles. The number of carbonyl (C=O) groups is 1. The molecule has 1 fully saturated rings. The molecule has 3 rings (SSSR count). The number of piperazine rings is 1. The van der Waals surface area contributed by atoms with Gasteiger partial charge in [0.15, 0.2) is 11.7 Å². The molecule has 7 heteroatoms. The highest BCUT2D eigenvalue weighted by atomic mass is 127. The zero-order chi connectivity index (χ0) is 19.1. The molecule has 28 heavy (non-hydrogen) atoms. The first kappa shape index (κ1) is 22.3. The third-order valence-corrected chi connectivity index (χ3v) is 5.08. The van der Waals surface area contributed by atoms with Crippen LogP contribution in [0.5, 0.6) is 0 Å². The Morgan fingerprint density at radius 2 is 1.79 bits per heavy atom. The molecule has 1 amide bonds. The van der Waals surface area contributed by atoms with Crippen molar-refractivity contribution < 1.29 is 9.21 Å². The number of nitrogens with zero attached hydrogens (tertiary/aromatic N) is 3. The Morgan fingerprint density at radius 1 is 1.11 bits per heavy atom. The van der Waals surface area contributed by atoms with Crippen LogP contribution in [0.15, 0.2) is 58.1 Å². The van der Waals surface area contributed by atoms with Gasteiger partial charge in [-0.2, -0.15) is 0 Å². The summed E-state index contributed by atoms with van der Waals surface area (Å²) < 4.78 is 5.22. The number of amides is 1. The number of guanidine groups is 1. The van der Waals surface area contributed by atoms with Crippen molar-refractivity contribution in [1.82, 2.24) is 15.1 Å². The van der Waals surface area contributed by atoms with Gasteiger partial charge in [0, 0.05) is 45.7 Å². The van der Waals surface area contributed by atoms with Crippen molar-refractivity contribution in [3.63, 3.8) is 0 Å². The Balaban J connectivity index is 0.00000280. The average molecular weight is 496 g/mol. The maximum Gasteiger partial charge on any atom is 0.289 e. The van der Waals surface area contributed by atoms with Gasteiger partial charge in [-0.15, -0.1) is 24.0 Å². The summed E-state index contributed by atoms with van der Waals surface area (Å²) in [7, 11) is 1.81. The van der Waals surface area contributed by atoms with E-state index in [2.05, 4.69) is 46.4 Å². The minimum atomic E-state index is -0.0438. The molecule has 1 aliphatic rings. The topological polar surface area (TPSA) is 61.1 Å². The molecule has 1 saturated heterocycles. The number of rotatable bonds is 5. The molecule has 0 bridgehead atoms. The van der Waals surface area contributed by atoms with Crippen LogP contribution in [0.1, 0.15) is 35.4 Å². The highest BCUT2D eigenvalue weighted by Gasteiger charge is 2.25. The largest absolute Gasteiger partial charge is 0.459 e. The molecule has 0 spiro atoms. The van der Waals surface area contributed by atoms with E-state index >= 15 is 0 Å². The molecule has 1 aliphatic heterocycles. The first-order valence-corrected chi connectivity index (χ1v) is 9.56. The van der Waals surface area contributed by atoms with Crippen molar-refractivity contribution in [3.8, 4) is 0 Å². The Labute approximate surface area is 184 Å². The number of hydrogen-bond donors (Lipinski definition) is 1. The lowest BCUT2D eigenvalue weighted by molar-refractivity contribution is 0.0657. The van der Waals surface area contributed by atoms with E-state index in [1.54, 1.807) is 12.1 Å². The van der Waals surface area contributed by atoms with E-state index < -0.39 is 0 Å². The first-order chi connectivity index (χ1) is 13.2. The third kappa shape index (κ3) is 5.50. The van der Waals surface area contributed by atoms with E-state index in [1.807, 2.05) is 18.0 Å². The van der Waals surface area contributed by atoms with E-state index in [-0.39, 0.29) is 29.9 Å². The molecule has 2 aromatic rings. The molecule has 1 atom stereocenters. The fourth-order valence-electron chi connectivity index (χ4n) is 3.45. The van der Waals surface area contributed by atoms with Gasteiger partial charge < -0.3 is 19.5 Å². The van der Waals surface area contributed by atoms with Gasteiger partial charge in [0.1, 0.15) is 0 Å². The second-order valence-electron chi connectivity index (χ2n) is 6.70. The number of hydrogen-bond acceptors (Lipinski definition) is 3. The van der Waals surface area contributed by atoms with Gasteiger partial charge in [0.25, 0.3) is 5.91 Å². The van der Waals surface area contributed by atoms with Gasteiger partial charge in [-0.1, -0.05) is 37.3 Å². The van der Waals surface area contributed by atoms with Crippen LogP contribution < -0.4 is 5.32 Å². The van der Waals surface area contributed by atoms with Gasteiger partial charge in [-0.05, 0) is 24.1 Å². The van der Waals surface area contributed by atoms with Crippen molar-refractivity contribution in [2.75, 3.05) is 39.8 Å². The van der Waals surface area contributed by atoms with Crippen molar-refractivity contribution in [2.45, 2.75) is 19.3 Å². The summed E-state index contributed by atoms with van der Waals surface area (Å²) in [5.74, 6) is 1.71. The van der Waals surface area contributed by atoms with Gasteiger partial charge in [-0.3, -0.25) is 9.79 Å². The van der Waals surface area contributed by atoms with Crippen LogP contribution in [0.3, 0.4) is 0 Å². The van der Waals surface area contributed by atoms with Crippen LogP contribution in [0.4, 0.5) is 0 Å². The molecule has 0 radical (unpaired) electrons. The molecule has 1 aromatic carbocycles. The fraction of sp³-hybridized carbons (Fsp3) is 0.429. The Bertz CT molecular complexity index is 741. The summed E-state index contributed by atoms with van der Waals surface area (Å²) in [4.78, 5) is 20.9. The van der Waals surface area contributed by atoms with Crippen molar-refractivity contribution in [3.05, 3.63) is 60.1 Å². The molecule has 6 nitrogen and oxygen atoms in total. The second-order valence-corrected chi connectivity index (χ2v) is 6.70. The Morgan fingerprint density at radius 3 is 2.36 bits per heavy atom. The van der Waals surface area contributed by atoms with Crippen molar-refractivity contribution in [1.29, 1.82) is 0 Å². The smallest absolute Gasteiger partial charge is 0.289 e. The first-order valence-electron chi connectivity index (χ1n) is 9.56. The van der Waals surface area contributed by atoms with Gasteiger partial charge in [-0.25, -0.2) is 0 Å². The third-order valence-electron chi connectivity index (χ3n) is 5.08. The Kier molecular flexibility index (Phi) is 8.82. The monoisotopic (exact) mass is 496 g/mol. The molecule has 1 N–H and O–H groups in total. The molecular formula is C21H29IN4O2. The van der Waals surface area contributed by atoms with Crippen LogP contribution in [0.25, 0.3) is 0 Å². The predicted octanol–water partition coefficient (Wildman–Crippen LogP) is 3.42. The molecule has 152 valence electrons. The van der Waals surface area contributed by atoms with Crippen molar-refractivity contribution in [2.24, 2.45) is 4.99 Å². The van der Waals surface area contributed by atoms with Gasteiger partial charge >= 0.3 is 0 Å². The standard InChI is InChI=1S/C21H28N4O2.HI/c1-3-17(18-8-5-4-6-9-18)16-23-21(22-2)25-13-11-24(12-14-25)20(26)19-10-7-15-27-19;/h4-10,15,17H,3,11-14,16H2,1-2H3,(H,22,23);1H. The van der Waals surface area contributed by atoms with Crippen LogP contribution >= 0.6 is 24.0 Å². The average Bonchev–Trinajstić information content (AvgIpc) is 3.27. The minimum absolute atomic E-state index is 0. The number of nitrogens with one attached hydrogen (secondary N) is 1. The van der Waals surface area contributed by atoms with E-state index in [1.165, 1.54) is 11.8 Å². The summed E-state index contributed by atoms with van der Waals surface area (Å²) >= 11 is 0. The summed E-state index contributed by atoms with van der Waals surface area (Å²) in [6.45, 7) is 5.90. The zero-order valence-corrected chi connectivity index (χ0v) is 18.8. The van der Waals surface area contributed by atoms with Gasteiger partial charge in [0.05, 0.1) is 6.26 Å². The van der Waals surface area contributed by atoms with Crippen LogP contribution in [0.2, 0.25) is 0 Å². The van der Waals surface area contributed by atoms with Gasteiger partial charge in [0.2, 0.25) is 0 Å². The minimum Gasteiger partial charge on any atom is -0.459 e. The van der Waals surface area contributed by atoms with Crippen LogP contribution in [-0.2, 0) is 0 Å². The summed E-state index contributed by atoms with van der Waals surface area (Å²) in [5.41, 5.74) is 1.34. The number of aliphatic imine (C=N–C) groups is 1. The SMILES string of the molecule is CCC(CNC(=NC)N1CCN(C(=O)c2ccco2)CC1)c1ccccc1.I. The predicted molar refractivity (Wildman–Crippen MR) is 122 cm³/mol. The summed E-state index contributed by atoms with van der Waals surface area (Å²) in [6, 6.07) is 14.0. The fourth-order valence-corrected chi connectivity index (χ4v) is 3.45. The maximum absolute atomic E-state index is 12.4. The van der Waals surface area contributed by atoms with E-state index in [0.717, 1.165) is 32.0 Å². The zero-order valence-electron chi connectivity index (χ0n) is 16.5. The number of carbonyl (C=O) groups excluding carboxylic acids is 1. The Hall–Kier alpha value is -2.03. The normalized spacial score (nSPS) is 15.7. The van der Waals surface area contributed by atoms with E-state index in [9.17, 15) is 4.79 Å². The van der Waals surface area contributed by atoms with Crippen molar-refractivity contribution >= 4 is 35.8 Å². The van der Waals surface area contributed by atoms with Crippen LogP contribution in [-0.4, -0.2) is 61.4 Å². The second kappa shape index (κ2) is 11.1. The molecular weight excluding hydrogens is 467 g/mol. The maximum atomic E-state index is 12.4. The highest BCUT2D eigenvalue weighted by Crippen LogP contribution is 2.18. The number of benzene rings is 1. The highest BCUT2D eigenvalue weighted by molar-refractivity contribution is 14.0.